The lowest BCUT2D eigenvalue weighted by Crippen LogP contribution is -2.44. The summed E-state index contributed by atoms with van der Waals surface area (Å²) in [4.78, 5) is 13.6. The van der Waals surface area contributed by atoms with E-state index in [1.807, 2.05) is 41.5 Å². The molecule has 0 atom stereocenters. The maximum Gasteiger partial charge on any atom is 0.410 e. The van der Waals surface area contributed by atoms with Crippen molar-refractivity contribution in [2.75, 3.05) is 19.6 Å². The van der Waals surface area contributed by atoms with Crippen LogP contribution in [0.4, 0.5) is 4.79 Å². The summed E-state index contributed by atoms with van der Waals surface area (Å²) in [5.41, 5.74) is -0.428. The van der Waals surface area contributed by atoms with Gasteiger partial charge in [0, 0.05) is 19.1 Å². The smallest absolute Gasteiger partial charge is 0.410 e. The SMILES string of the molecule is CCNCCN(C(=O)OC(C)(C)C)C(C)C. The molecule has 96 valence electrons. The van der Waals surface area contributed by atoms with Crippen LogP contribution in [0.3, 0.4) is 0 Å². The fourth-order valence-corrected chi connectivity index (χ4v) is 1.26. The normalized spacial score (nSPS) is 11.7. The molecular formula is C12H26N2O2. The zero-order chi connectivity index (χ0) is 12.8. The fraction of sp³-hybridized carbons (Fsp3) is 0.917. The van der Waals surface area contributed by atoms with Gasteiger partial charge in [-0.3, -0.25) is 0 Å². The summed E-state index contributed by atoms with van der Waals surface area (Å²) in [5.74, 6) is 0. The minimum absolute atomic E-state index is 0.161. The summed E-state index contributed by atoms with van der Waals surface area (Å²) < 4.78 is 5.35. The zero-order valence-electron chi connectivity index (χ0n) is 11.5. The van der Waals surface area contributed by atoms with Gasteiger partial charge in [0.05, 0.1) is 0 Å². The highest BCUT2D eigenvalue weighted by atomic mass is 16.6. The van der Waals surface area contributed by atoms with Gasteiger partial charge in [0.1, 0.15) is 5.60 Å². The summed E-state index contributed by atoms with van der Waals surface area (Å²) in [6.45, 7) is 14.1. The van der Waals surface area contributed by atoms with Crippen LogP contribution in [0.15, 0.2) is 0 Å². The number of amides is 1. The van der Waals surface area contributed by atoms with Gasteiger partial charge in [0.15, 0.2) is 0 Å². The largest absolute Gasteiger partial charge is 0.444 e. The van der Waals surface area contributed by atoms with Crippen molar-refractivity contribution in [2.45, 2.75) is 53.2 Å². The Bertz CT molecular complexity index is 210. The van der Waals surface area contributed by atoms with Crippen molar-refractivity contribution in [1.82, 2.24) is 10.2 Å². The van der Waals surface area contributed by atoms with Crippen molar-refractivity contribution in [1.29, 1.82) is 0 Å². The molecule has 0 bridgehead atoms. The van der Waals surface area contributed by atoms with Gasteiger partial charge in [-0.2, -0.15) is 0 Å². The van der Waals surface area contributed by atoms with E-state index in [0.717, 1.165) is 13.1 Å². The lowest BCUT2D eigenvalue weighted by Gasteiger charge is -2.30. The van der Waals surface area contributed by atoms with Gasteiger partial charge in [-0.25, -0.2) is 4.79 Å². The summed E-state index contributed by atoms with van der Waals surface area (Å²) in [6.07, 6.45) is -0.236. The number of hydrogen-bond acceptors (Lipinski definition) is 3. The van der Waals surface area contributed by atoms with E-state index in [1.165, 1.54) is 0 Å². The molecule has 0 saturated carbocycles. The van der Waals surface area contributed by atoms with Crippen LogP contribution in [0.25, 0.3) is 0 Å². The first-order chi connectivity index (χ1) is 7.28. The number of ether oxygens (including phenoxy) is 1. The van der Waals surface area contributed by atoms with Crippen molar-refractivity contribution in [3.63, 3.8) is 0 Å². The van der Waals surface area contributed by atoms with Gasteiger partial charge < -0.3 is 15.0 Å². The molecule has 0 heterocycles. The first kappa shape index (κ1) is 15.2. The standard InChI is InChI=1S/C12H26N2O2/c1-7-13-8-9-14(10(2)3)11(15)16-12(4,5)6/h10,13H,7-9H2,1-6H3. The highest BCUT2D eigenvalue weighted by Crippen LogP contribution is 2.11. The monoisotopic (exact) mass is 230 g/mol. The second-order valence-corrected chi connectivity index (χ2v) is 5.12. The fourth-order valence-electron chi connectivity index (χ4n) is 1.26. The molecule has 0 unspecified atom stereocenters. The Labute approximate surface area is 99.3 Å². The molecule has 0 aromatic carbocycles. The van der Waals surface area contributed by atoms with Crippen LogP contribution in [0.5, 0.6) is 0 Å². The molecule has 0 aliphatic heterocycles. The third kappa shape index (κ3) is 6.67. The molecular weight excluding hydrogens is 204 g/mol. The number of nitrogens with zero attached hydrogens (tertiary/aromatic N) is 1. The Morgan fingerprint density at radius 1 is 1.38 bits per heavy atom. The maximum absolute atomic E-state index is 11.9. The molecule has 0 rings (SSSR count). The van der Waals surface area contributed by atoms with E-state index < -0.39 is 5.60 Å². The molecule has 1 amide bonds. The van der Waals surface area contributed by atoms with E-state index in [1.54, 1.807) is 4.90 Å². The summed E-state index contributed by atoms with van der Waals surface area (Å²) >= 11 is 0. The number of carbonyl (C=O) groups is 1. The molecule has 0 aromatic heterocycles. The van der Waals surface area contributed by atoms with Crippen LogP contribution < -0.4 is 5.32 Å². The topological polar surface area (TPSA) is 41.6 Å². The molecule has 0 aromatic rings. The average Bonchev–Trinajstić information content (AvgIpc) is 2.08. The van der Waals surface area contributed by atoms with E-state index in [2.05, 4.69) is 5.32 Å². The van der Waals surface area contributed by atoms with Gasteiger partial charge in [-0.15, -0.1) is 0 Å². The number of likely N-dealkylation sites (N-methyl/N-ethyl adjacent to an activating group) is 1. The lowest BCUT2D eigenvalue weighted by atomic mass is 10.2. The minimum Gasteiger partial charge on any atom is -0.444 e. The third-order valence-corrected chi connectivity index (χ3v) is 2.03. The van der Waals surface area contributed by atoms with E-state index >= 15 is 0 Å². The molecule has 0 fully saturated rings. The molecule has 1 N–H and O–H groups in total. The third-order valence-electron chi connectivity index (χ3n) is 2.03. The van der Waals surface area contributed by atoms with Crippen LogP contribution in [0.2, 0.25) is 0 Å². The molecule has 4 nitrogen and oxygen atoms in total. The van der Waals surface area contributed by atoms with Gasteiger partial charge >= 0.3 is 6.09 Å². The van der Waals surface area contributed by atoms with Crippen LogP contribution in [-0.4, -0.2) is 42.3 Å². The zero-order valence-corrected chi connectivity index (χ0v) is 11.5. The first-order valence-electron chi connectivity index (χ1n) is 5.98. The molecule has 16 heavy (non-hydrogen) atoms. The second kappa shape index (κ2) is 6.74. The van der Waals surface area contributed by atoms with E-state index in [-0.39, 0.29) is 12.1 Å². The molecule has 4 heteroatoms. The van der Waals surface area contributed by atoms with E-state index in [0.29, 0.717) is 6.54 Å². The van der Waals surface area contributed by atoms with Crippen LogP contribution in [0.1, 0.15) is 41.5 Å². The number of rotatable bonds is 5. The van der Waals surface area contributed by atoms with Gasteiger partial charge in [-0.05, 0) is 41.2 Å². The van der Waals surface area contributed by atoms with Crippen molar-refractivity contribution in [2.24, 2.45) is 0 Å². The van der Waals surface area contributed by atoms with E-state index in [9.17, 15) is 4.79 Å². The number of hydrogen-bond donors (Lipinski definition) is 1. The molecule has 0 radical (unpaired) electrons. The molecule has 0 spiro atoms. The molecule has 0 saturated heterocycles. The number of carbonyl (C=O) groups excluding carboxylic acids is 1. The van der Waals surface area contributed by atoms with Gasteiger partial charge in [0.2, 0.25) is 0 Å². The van der Waals surface area contributed by atoms with Crippen molar-refractivity contribution in [3.8, 4) is 0 Å². The summed E-state index contributed by atoms with van der Waals surface area (Å²) in [5, 5.41) is 3.20. The Balaban J connectivity index is 4.25. The summed E-state index contributed by atoms with van der Waals surface area (Å²) in [7, 11) is 0. The lowest BCUT2D eigenvalue weighted by molar-refractivity contribution is 0.0194. The van der Waals surface area contributed by atoms with Crippen molar-refractivity contribution in [3.05, 3.63) is 0 Å². The first-order valence-corrected chi connectivity index (χ1v) is 5.98. The Morgan fingerprint density at radius 3 is 2.31 bits per heavy atom. The highest BCUT2D eigenvalue weighted by molar-refractivity contribution is 5.68. The minimum atomic E-state index is -0.428. The molecule has 0 aliphatic carbocycles. The van der Waals surface area contributed by atoms with Crippen LogP contribution >= 0.6 is 0 Å². The number of nitrogens with one attached hydrogen (secondary N) is 1. The van der Waals surface area contributed by atoms with Gasteiger partial charge in [0.25, 0.3) is 0 Å². The van der Waals surface area contributed by atoms with Crippen molar-refractivity contribution >= 4 is 6.09 Å². The van der Waals surface area contributed by atoms with Crippen molar-refractivity contribution < 1.29 is 9.53 Å². The summed E-state index contributed by atoms with van der Waals surface area (Å²) in [6, 6.07) is 0.161. The Kier molecular flexibility index (Phi) is 6.41. The Morgan fingerprint density at radius 2 is 1.94 bits per heavy atom. The van der Waals surface area contributed by atoms with Crippen LogP contribution in [-0.2, 0) is 4.74 Å². The predicted octanol–water partition coefficient (Wildman–Crippen LogP) is 2.24. The highest BCUT2D eigenvalue weighted by Gasteiger charge is 2.23. The average molecular weight is 230 g/mol. The van der Waals surface area contributed by atoms with E-state index in [4.69, 9.17) is 4.74 Å². The quantitative estimate of drug-likeness (QED) is 0.736. The predicted molar refractivity (Wildman–Crippen MR) is 66.6 cm³/mol. The molecule has 0 aliphatic rings. The van der Waals surface area contributed by atoms with Crippen LogP contribution in [0, 0.1) is 0 Å². The Hall–Kier alpha value is -0.770. The maximum atomic E-state index is 11.9. The van der Waals surface area contributed by atoms with Gasteiger partial charge in [-0.1, -0.05) is 6.92 Å². The second-order valence-electron chi connectivity index (χ2n) is 5.12.